The average Bonchev–Trinajstić information content (AvgIpc) is 2.69. The lowest BCUT2D eigenvalue weighted by Gasteiger charge is -2.36. The van der Waals surface area contributed by atoms with E-state index in [0.717, 1.165) is 24.2 Å². The first kappa shape index (κ1) is 12.9. The molecule has 1 N–H and O–H groups in total. The maximum absolute atomic E-state index is 10.9. The number of hydrogen-bond acceptors (Lipinski definition) is 3. The Balaban J connectivity index is 1.78. The minimum Gasteiger partial charge on any atom is -0.491 e. The fraction of sp³-hybridized carbons (Fsp3) is 0.625. The Morgan fingerprint density at radius 3 is 2.26 bits per heavy atom. The summed E-state index contributed by atoms with van der Waals surface area (Å²) in [4.78, 5) is 0. The minimum absolute atomic E-state index is 0.174. The number of fused-ring (bicyclic) bond motifs is 2. The van der Waals surface area contributed by atoms with Gasteiger partial charge in [0.2, 0.25) is 0 Å². The van der Waals surface area contributed by atoms with Gasteiger partial charge in [-0.05, 0) is 44.4 Å². The van der Waals surface area contributed by atoms with Crippen molar-refractivity contribution >= 4 is 0 Å². The summed E-state index contributed by atoms with van der Waals surface area (Å²) in [5, 5.41) is 10.9. The van der Waals surface area contributed by atoms with Crippen molar-refractivity contribution in [3.05, 3.63) is 29.8 Å². The molecule has 1 aromatic carbocycles. The van der Waals surface area contributed by atoms with E-state index in [1.165, 1.54) is 0 Å². The summed E-state index contributed by atoms with van der Waals surface area (Å²) in [5.41, 5.74) is 0.268. The number of aliphatic hydroxyl groups is 1. The first-order valence-corrected chi connectivity index (χ1v) is 7.20. The van der Waals surface area contributed by atoms with Gasteiger partial charge in [-0.3, -0.25) is 0 Å². The quantitative estimate of drug-likeness (QED) is 0.910. The Morgan fingerprint density at radius 2 is 1.74 bits per heavy atom. The molecule has 2 unspecified atom stereocenters. The summed E-state index contributed by atoms with van der Waals surface area (Å²) in [5.74, 6) is 0.859. The predicted molar refractivity (Wildman–Crippen MR) is 73.2 cm³/mol. The Hall–Kier alpha value is -1.06. The molecule has 2 heterocycles. The van der Waals surface area contributed by atoms with Crippen LogP contribution in [0.25, 0.3) is 0 Å². The van der Waals surface area contributed by atoms with Crippen LogP contribution in [0.3, 0.4) is 0 Å². The molecular weight excluding hydrogens is 240 g/mol. The molecule has 2 atom stereocenters. The van der Waals surface area contributed by atoms with Crippen molar-refractivity contribution in [3.8, 4) is 5.75 Å². The normalized spacial score (nSPS) is 33.7. The van der Waals surface area contributed by atoms with Crippen molar-refractivity contribution in [2.24, 2.45) is 0 Å². The van der Waals surface area contributed by atoms with Crippen LogP contribution < -0.4 is 4.74 Å². The van der Waals surface area contributed by atoms with Gasteiger partial charge in [0.05, 0.1) is 23.9 Å². The summed E-state index contributed by atoms with van der Waals surface area (Å²) in [6, 6.07) is 7.88. The van der Waals surface area contributed by atoms with Crippen LogP contribution in [0.4, 0.5) is 0 Å². The molecular formula is C16H22O3. The number of rotatable bonds is 3. The van der Waals surface area contributed by atoms with E-state index in [0.29, 0.717) is 12.8 Å². The molecule has 0 spiro atoms. The molecule has 3 rings (SSSR count). The monoisotopic (exact) mass is 262 g/mol. The molecule has 0 aliphatic carbocycles. The SMILES string of the molecule is CC(C)Oc1ccc(C2(O)CC3CCC(C2)O3)cc1. The largest absolute Gasteiger partial charge is 0.491 e. The molecule has 0 aromatic heterocycles. The number of hydrogen-bond donors (Lipinski definition) is 1. The molecule has 3 nitrogen and oxygen atoms in total. The van der Waals surface area contributed by atoms with Crippen molar-refractivity contribution in [1.82, 2.24) is 0 Å². The predicted octanol–water partition coefficient (Wildman–Crippen LogP) is 3.00. The molecule has 2 fully saturated rings. The summed E-state index contributed by atoms with van der Waals surface area (Å²) >= 11 is 0. The first-order chi connectivity index (χ1) is 9.05. The van der Waals surface area contributed by atoms with Crippen molar-refractivity contribution in [1.29, 1.82) is 0 Å². The molecule has 19 heavy (non-hydrogen) atoms. The summed E-state index contributed by atoms with van der Waals surface area (Å²) in [6.45, 7) is 4.02. The molecule has 1 aromatic rings. The Labute approximate surface area is 114 Å². The smallest absolute Gasteiger partial charge is 0.119 e. The fourth-order valence-electron chi connectivity index (χ4n) is 3.27. The third-order valence-electron chi connectivity index (χ3n) is 4.09. The van der Waals surface area contributed by atoms with Gasteiger partial charge in [0.15, 0.2) is 0 Å². The highest BCUT2D eigenvalue weighted by Gasteiger charge is 2.44. The molecule has 0 amide bonds. The van der Waals surface area contributed by atoms with E-state index < -0.39 is 5.60 Å². The van der Waals surface area contributed by atoms with Gasteiger partial charge < -0.3 is 14.6 Å². The molecule has 2 aliphatic heterocycles. The van der Waals surface area contributed by atoms with Crippen molar-refractivity contribution in [2.75, 3.05) is 0 Å². The van der Waals surface area contributed by atoms with Gasteiger partial charge in [-0.25, -0.2) is 0 Å². The maximum atomic E-state index is 10.9. The Bertz CT molecular complexity index is 426. The van der Waals surface area contributed by atoms with E-state index in [-0.39, 0.29) is 18.3 Å². The topological polar surface area (TPSA) is 38.7 Å². The van der Waals surface area contributed by atoms with Gasteiger partial charge in [0.25, 0.3) is 0 Å². The van der Waals surface area contributed by atoms with Crippen LogP contribution in [0, 0.1) is 0 Å². The third kappa shape index (κ3) is 2.63. The van der Waals surface area contributed by atoms with E-state index in [2.05, 4.69) is 0 Å². The fourth-order valence-corrected chi connectivity index (χ4v) is 3.27. The zero-order valence-corrected chi connectivity index (χ0v) is 11.6. The zero-order valence-electron chi connectivity index (χ0n) is 11.6. The summed E-state index contributed by atoms with van der Waals surface area (Å²) in [6.07, 6.45) is 4.24. The second-order valence-corrected chi connectivity index (χ2v) is 6.09. The van der Waals surface area contributed by atoms with Crippen molar-refractivity contribution in [3.63, 3.8) is 0 Å². The molecule has 3 heteroatoms. The van der Waals surface area contributed by atoms with Gasteiger partial charge >= 0.3 is 0 Å². The molecule has 2 bridgehead atoms. The maximum Gasteiger partial charge on any atom is 0.119 e. The molecule has 2 aliphatic rings. The third-order valence-corrected chi connectivity index (χ3v) is 4.09. The first-order valence-electron chi connectivity index (χ1n) is 7.20. The molecule has 2 saturated heterocycles. The highest BCUT2D eigenvalue weighted by Crippen LogP contribution is 2.44. The lowest BCUT2D eigenvalue weighted by Crippen LogP contribution is -2.38. The van der Waals surface area contributed by atoms with Gasteiger partial charge in [-0.15, -0.1) is 0 Å². The highest BCUT2D eigenvalue weighted by molar-refractivity contribution is 5.31. The van der Waals surface area contributed by atoms with E-state index in [1.807, 2.05) is 38.1 Å². The van der Waals surface area contributed by atoms with E-state index in [9.17, 15) is 5.11 Å². The van der Waals surface area contributed by atoms with Crippen LogP contribution in [-0.4, -0.2) is 23.4 Å². The minimum atomic E-state index is -0.722. The van der Waals surface area contributed by atoms with E-state index in [4.69, 9.17) is 9.47 Å². The number of benzene rings is 1. The van der Waals surface area contributed by atoms with Gasteiger partial charge in [0.1, 0.15) is 5.75 Å². The van der Waals surface area contributed by atoms with Crippen LogP contribution >= 0.6 is 0 Å². The average molecular weight is 262 g/mol. The van der Waals surface area contributed by atoms with E-state index >= 15 is 0 Å². The van der Waals surface area contributed by atoms with Crippen molar-refractivity contribution in [2.45, 2.75) is 63.4 Å². The second-order valence-electron chi connectivity index (χ2n) is 6.09. The van der Waals surface area contributed by atoms with Crippen LogP contribution in [0.2, 0.25) is 0 Å². The second kappa shape index (κ2) is 4.80. The van der Waals surface area contributed by atoms with Crippen LogP contribution in [0.15, 0.2) is 24.3 Å². The summed E-state index contributed by atoms with van der Waals surface area (Å²) in [7, 11) is 0. The molecule has 104 valence electrons. The standard InChI is InChI=1S/C16H22O3/c1-11(2)18-13-5-3-12(4-6-13)16(17)9-14-7-8-15(10-16)19-14/h3-6,11,14-15,17H,7-10H2,1-2H3. The van der Waals surface area contributed by atoms with Gasteiger partial charge in [-0.1, -0.05) is 12.1 Å². The molecule has 0 saturated carbocycles. The lowest BCUT2D eigenvalue weighted by molar-refractivity contribution is -0.115. The van der Waals surface area contributed by atoms with Gasteiger partial charge in [0, 0.05) is 12.8 Å². The van der Waals surface area contributed by atoms with Crippen LogP contribution in [-0.2, 0) is 10.3 Å². The lowest BCUT2D eigenvalue weighted by atomic mass is 9.83. The van der Waals surface area contributed by atoms with Crippen LogP contribution in [0.5, 0.6) is 5.75 Å². The Morgan fingerprint density at radius 1 is 1.16 bits per heavy atom. The Kier molecular flexibility index (Phi) is 3.27. The number of ether oxygens (including phenoxy) is 2. The highest BCUT2D eigenvalue weighted by atomic mass is 16.5. The molecule has 0 radical (unpaired) electrons. The van der Waals surface area contributed by atoms with Crippen LogP contribution in [0.1, 0.15) is 45.1 Å². The van der Waals surface area contributed by atoms with Gasteiger partial charge in [-0.2, -0.15) is 0 Å². The van der Waals surface area contributed by atoms with Crippen molar-refractivity contribution < 1.29 is 14.6 Å². The summed E-state index contributed by atoms with van der Waals surface area (Å²) < 4.78 is 11.4. The zero-order chi connectivity index (χ0) is 13.5. The van der Waals surface area contributed by atoms with E-state index in [1.54, 1.807) is 0 Å².